The SMILES string of the molecule is Clc1ccc(-n2c(Cl)nc3ccccc32)c(Cl)c1. The molecule has 0 fully saturated rings. The summed E-state index contributed by atoms with van der Waals surface area (Å²) in [7, 11) is 0. The number of halogens is 3. The van der Waals surface area contributed by atoms with Gasteiger partial charge >= 0.3 is 0 Å². The van der Waals surface area contributed by atoms with Gasteiger partial charge in [0.15, 0.2) is 0 Å². The van der Waals surface area contributed by atoms with E-state index in [4.69, 9.17) is 34.8 Å². The van der Waals surface area contributed by atoms with Gasteiger partial charge in [-0.15, -0.1) is 0 Å². The molecule has 0 N–H and O–H groups in total. The summed E-state index contributed by atoms with van der Waals surface area (Å²) >= 11 is 18.3. The molecule has 1 heterocycles. The Morgan fingerprint density at radius 3 is 2.50 bits per heavy atom. The molecule has 2 nitrogen and oxygen atoms in total. The van der Waals surface area contributed by atoms with Crippen molar-refractivity contribution in [3.8, 4) is 5.69 Å². The molecule has 0 atom stereocenters. The molecule has 0 bridgehead atoms. The number of rotatable bonds is 1. The van der Waals surface area contributed by atoms with E-state index in [2.05, 4.69) is 4.98 Å². The molecule has 90 valence electrons. The molecule has 0 amide bonds. The quantitative estimate of drug-likeness (QED) is 0.619. The van der Waals surface area contributed by atoms with Gasteiger partial charge in [-0.05, 0) is 41.9 Å². The number of aromatic nitrogens is 2. The molecular formula is C13H7Cl3N2. The van der Waals surface area contributed by atoms with Gasteiger partial charge in [-0.25, -0.2) is 4.98 Å². The van der Waals surface area contributed by atoms with E-state index in [-0.39, 0.29) is 0 Å². The molecule has 0 saturated heterocycles. The summed E-state index contributed by atoms with van der Waals surface area (Å²) < 4.78 is 1.80. The molecule has 1 aromatic heterocycles. The monoisotopic (exact) mass is 296 g/mol. The van der Waals surface area contributed by atoms with Crippen molar-refractivity contribution >= 4 is 45.8 Å². The molecule has 0 radical (unpaired) electrons. The summed E-state index contributed by atoms with van der Waals surface area (Å²) in [5.41, 5.74) is 2.50. The van der Waals surface area contributed by atoms with Crippen LogP contribution in [0.3, 0.4) is 0 Å². The van der Waals surface area contributed by atoms with Crippen LogP contribution in [0.5, 0.6) is 0 Å². The molecule has 0 aliphatic heterocycles. The van der Waals surface area contributed by atoms with Crippen LogP contribution in [0, 0.1) is 0 Å². The predicted molar refractivity (Wildman–Crippen MR) is 76.1 cm³/mol. The molecule has 2 aromatic carbocycles. The van der Waals surface area contributed by atoms with Crippen LogP contribution in [-0.4, -0.2) is 9.55 Å². The summed E-state index contributed by atoms with van der Waals surface area (Å²) in [5.74, 6) is 0. The Balaban J connectivity index is 2.34. The fourth-order valence-corrected chi connectivity index (χ4v) is 2.65. The number of hydrogen-bond donors (Lipinski definition) is 0. The van der Waals surface area contributed by atoms with E-state index in [0.29, 0.717) is 15.3 Å². The lowest BCUT2D eigenvalue weighted by Crippen LogP contribution is -1.94. The first kappa shape index (κ1) is 11.8. The lowest BCUT2D eigenvalue weighted by atomic mass is 10.3. The smallest absolute Gasteiger partial charge is 0.208 e. The zero-order valence-electron chi connectivity index (χ0n) is 9.07. The molecule has 0 unspecified atom stereocenters. The van der Waals surface area contributed by atoms with E-state index in [1.807, 2.05) is 30.3 Å². The standard InChI is InChI=1S/C13H7Cl3N2/c14-8-5-6-11(9(15)7-8)18-12-4-2-1-3-10(12)17-13(18)16/h1-7H. The summed E-state index contributed by atoms with van der Waals surface area (Å²) in [6.07, 6.45) is 0. The van der Waals surface area contributed by atoms with Gasteiger partial charge < -0.3 is 0 Å². The van der Waals surface area contributed by atoms with Crippen molar-refractivity contribution in [2.45, 2.75) is 0 Å². The first-order chi connectivity index (χ1) is 8.66. The van der Waals surface area contributed by atoms with Crippen LogP contribution in [0.1, 0.15) is 0 Å². The van der Waals surface area contributed by atoms with Gasteiger partial charge in [0, 0.05) is 5.02 Å². The maximum atomic E-state index is 6.20. The minimum absolute atomic E-state index is 0.375. The molecular weight excluding hydrogens is 291 g/mol. The van der Waals surface area contributed by atoms with Gasteiger partial charge in [0.1, 0.15) is 0 Å². The van der Waals surface area contributed by atoms with Crippen LogP contribution in [0.15, 0.2) is 42.5 Å². The molecule has 0 saturated carbocycles. The minimum Gasteiger partial charge on any atom is -0.282 e. The first-order valence-electron chi connectivity index (χ1n) is 5.25. The lowest BCUT2D eigenvalue weighted by molar-refractivity contribution is 1.09. The summed E-state index contributed by atoms with van der Waals surface area (Å²) in [4.78, 5) is 4.29. The largest absolute Gasteiger partial charge is 0.282 e. The van der Waals surface area contributed by atoms with Gasteiger partial charge in [0.2, 0.25) is 5.28 Å². The van der Waals surface area contributed by atoms with Crippen LogP contribution in [0.25, 0.3) is 16.7 Å². The molecule has 3 rings (SSSR count). The topological polar surface area (TPSA) is 17.8 Å². The maximum Gasteiger partial charge on any atom is 0.208 e. The number of hydrogen-bond acceptors (Lipinski definition) is 1. The van der Waals surface area contributed by atoms with Gasteiger partial charge in [0.25, 0.3) is 0 Å². The number of fused-ring (bicyclic) bond motifs is 1. The van der Waals surface area contributed by atoms with Crippen molar-refractivity contribution in [1.82, 2.24) is 9.55 Å². The Bertz CT molecular complexity index is 734. The normalized spacial score (nSPS) is 11.1. The van der Waals surface area contributed by atoms with Crippen LogP contribution in [-0.2, 0) is 0 Å². The van der Waals surface area contributed by atoms with Crippen LogP contribution in [0.2, 0.25) is 15.3 Å². The molecule has 0 aliphatic rings. The third kappa shape index (κ3) is 1.87. The van der Waals surface area contributed by atoms with Crippen LogP contribution < -0.4 is 0 Å². The Labute approximate surface area is 119 Å². The van der Waals surface area contributed by atoms with Crippen molar-refractivity contribution < 1.29 is 0 Å². The van der Waals surface area contributed by atoms with Crippen molar-refractivity contribution in [2.75, 3.05) is 0 Å². The number of imidazole rings is 1. The van der Waals surface area contributed by atoms with Crippen molar-refractivity contribution in [2.24, 2.45) is 0 Å². The molecule has 18 heavy (non-hydrogen) atoms. The Morgan fingerprint density at radius 1 is 0.944 bits per heavy atom. The lowest BCUT2D eigenvalue weighted by Gasteiger charge is -2.08. The van der Waals surface area contributed by atoms with Gasteiger partial charge in [-0.1, -0.05) is 35.3 Å². The second-order valence-electron chi connectivity index (χ2n) is 3.80. The highest BCUT2D eigenvalue weighted by atomic mass is 35.5. The molecule has 0 aliphatic carbocycles. The van der Waals surface area contributed by atoms with E-state index < -0.39 is 0 Å². The van der Waals surface area contributed by atoms with Crippen LogP contribution >= 0.6 is 34.8 Å². The molecule has 0 spiro atoms. The fourth-order valence-electron chi connectivity index (χ4n) is 1.89. The first-order valence-corrected chi connectivity index (χ1v) is 6.38. The number of benzene rings is 2. The highest BCUT2D eigenvalue weighted by Gasteiger charge is 2.12. The summed E-state index contributed by atoms with van der Waals surface area (Å²) in [6.45, 7) is 0. The van der Waals surface area contributed by atoms with E-state index in [1.165, 1.54) is 0 Å². The molecule has 3 aromatic rings. The van der Waals surface area contributed by atoms with Crippen molar-refractivity contribution in [3.63, 3.8) is 0 Å². The third-order valence-electron chi connectivity index (χ3n) is 2.67. The Hall–Kier alpha value is -1.22. The van der Waals surface area contributed by atoms with Crippen molar-refractivity contribution in [3.05, 3.63) is 57.8 Å². The number of nitrogens with zero attached hydrogens (tertiary/aromatic N) is 2. The van der Waals surface area contributed by atoms with E-state index in [9.17, 15) is 0 Å². The van der Waals surface area contributed by atoms with Gasteiger partial charge in [-0.3, -0.25) is 4.57 Å². The van der Waals surface area contributed by atoms with Crippen LogP contribution in [0.4, 0.5) is 0 Å². The van der Waals surface area contributed by atoms with Gasteiger partial charge in [0.05, 0.1) is 21.7 Å². The minimum atomic E-state index is 0.375. The van der Waals surface area contributed by atoms with Crippen molar-refractivity contribution in [1.29, 1.82) is 0 Å². The second-order valence-corrected chi connectivity index (χ2v) is 4.98. The highest BCUT2D eigenvalue weighted by molar-refractivity contribution is 6.36. The number of para-hydroxylation sites is 2. The third-order valence-corrected chi connectivity index (χ3v) is 3.46. The van der Waals surface area contributed by atoms with Gasteiger partial charge in [-0.2, -0.15) is 0 Å². The highest BCUT2D eigenvalue weighted by Crippen LogP contribution is 2.30. The molecule has 5 heteroatoms. The summed E-state index contributed by atoms with van der Waals surface area (Å²) in [5, 5.41) is 1.50. The Kier molecular flexibility index (Phi) is 2.94. The average molecular weight is 298 g/mol. The van der Waals surface area contributed by atoms with E-state index in [0.717, 1.165) is 16.7 Å². The maximum absolute atomic E-state index is 6.20. The average Bonchev–Trinajstić information content (AvgIpc) is 2.66. The zero-order valence-corrected chi connectivity index (χ0v) is 11.3. The summed E-state index contributed by atoms with van der Waals surface area (Å²) in [6, 6.07) is 13.0. The van der Waals surface area contributed by atoms with E-state index >= 15 is 0 Å². The predicted octanol–water partition coefficient (Wildman–Crippen LogP) is 4.99. The fraction of sp³-hybridized carbons (Fsp3) is 0. The van der Waals surface area contributed by atoms with E-state index in [1.54, 1.807) is 16.7 Å². The Morgan fingerprint density at radius 2 is 1.72 bits per heavy atom. The second kappa shape index (κ2) is 4.47. The zero-order chi connectivity index (χ0) is 12.7.